The summed E-state index contributed by atoms with van der Waals surface area (Å²) < 4.78 is 0. The third kappa shape index (κ3) is 3.10. The van der Waals surface area contributed by atoms with Crippen LogP contribution in [0.15, 0.2) is 30.3 Å². The largest absolute Gasteiger partial charge is 0.0837 e. The zero-order valence-corrected chi connectivity index (χ0v) is 9.71. The van der Waals surface area contributed by atoms with Crippen LogP contribution in [0.3, 0.4) is 0 Å². The lowest BCUT2D eigenvalue weighted by Crippen LogP contribution is -2.02. The van der Waals surface area contributed by atoms with E-state index in [2.05, 4.69) is 18.2 Å². The van der Waals surface area contributed by atoms with Crippen LogP contribution in [0.25, 0.3) is 6.08 Å². The van der Waals surface area contributed by atoms with Crippen LogP contribution >= 0.6 is 11.6 Å². The van der Waals surface area contributed by atoms with E-state index >= 15 is 0 Å². The molecule has 1 heteroatoms. The van der Waals surface area contributed by atoms with Gasteiger partial charge in [-0.15, -0.1) is 0 Å². The van der Waals surface area contributed by atoms with Crippen LogP contribution in [0.5, 0.6) is 0 Å². The Bertz CT molecular complexity index is 335. The minimum Gasteiger partial charge on any atom is -0.0837 e. The smallest absolute Gasteiger partial charge is 0.0478 e. The van der Waals surface area contributed by atoms with Gasteiger partial charge in [0.15, 0.2) is 0 Å². The molecule has 0 atom stereocenters. The lowest BCUT2D eigenvalue weighted by atomic mass is 9.89. The molecule has 15 heavy (non-hydrogen) atoms. The fourth-order valence-electron chi connectivity index (χ4n) is 2.18. The average Bonchev–Trinajstić information content (AvgIpc) is 2.29. The standard InChI is InChI=1S/C14H17Cl/c15-14-9-5-4-8-13(14)11-10-12-6-2-1-3-7-12/h4-5,8-12H,1-3,6-7H2/b11-10-. The molecule has 1 aliphatic rings. The summed E-state index contributed by atoms with van der Waals surface area (Å²) in [5.74, 6) is 0.773. The minimum atomic E-state index is 0.773. The molecule has 0 saturated heterocycles. The van der Waals surface area contributed by atoms with Crippen LogP contribution < -0.4 is 0 Å². The predicted octanol–water partition coefficient (Wildman–Crippen LogP) is 4.93. The van der Waals surface area contributed by atoms with Gasteiger partial charge in [-0.25, -0.2) is 0 Å². The fourth-order valence-corrected chi connectivity index (χ4v) is 2.38. The summed E-state index contributed by atoms with van der Waals surface area (Å²) in [7, 11) is 0. The lowest BCUT2D eigenvalue weighted by Gasteiger charge is -2.17. The number of allylic oxidation sites excluding steroid dienone is 1. The van der Waals surface area contributed by atoms with Crippen molar-refractivity contribution < 1.29 is 0 Å². The maximum Gasteiger partial charge on any atom is 0.0478 e. The lowest BCUT2D eigenvalue weighted by molar-refractivity contribution is 0.420. The number of benzene rings is 1. The van der Waals surface area contributed by atoms with Crippen molar-refractivity contribution in [3.05, 3.63) is 40.9 Å². The Morgan fingerprint density at radius 1 is 1.07 bits per heavy atom. The maximum atomic E-state index is 6.09. The van der Waals surface area contributed by atoms with Gasteiger partial charge in [0.25, 0.3) is 0 Å². The van der Waals surface area contributed by atoms with Gasteiger partial charge < -0.3 is 0 Å². The molecule has 0 amide bonds. The SMILES string of the molecule is Clc1ccccc1/C=C\C1CCCCC1. The summed E-state index contributed by atoms with van der Waals surface area (Å²) in [4.78, 5) is 0. The van der Waals surface area contributed by atoms with E-state index < -0.39 is 0 Å². The summed E-state index contributed by atoms with van der Waals surface area (Å²) in [5, 5.41) is 0.851. The summed E-state index contributed by atoms with van der Waals surface area (Å²) in [6.07, 6.45) is 11.4. The molecule has 1 fully saturated rings. The summed E-state index contributed by atoms with van der Waals surface area (Å²) in [6.45, 7) is 0. The van der Waals surface area contributed by atoms with Crippen LogP contribution in [0, 0.1) is 5.92 Å². The molecule has 80 valence electrons. The van der Waals surface area contributed by atoms with Gasteiger partial charge >= 0.3 is 0 Å². The van der Waals surface area contributed by atoms with Gasteiger partial charge in [0.1, 0.15) is 0 Å². The Morgan fingerprint density at radius 3 is 2.53 bits per heavy atom. The molecule has 0 spiro atoms. The predicted molar refractivity (Wildman–Crippen MR) is 67.1 cm³/mol. The molecule has 2 rings (SSSR count). The van der Waals surface area contributed by atoms with E-state index in [0.29, 0.717) is 0 Å². The first-order valence-electron chi connectivity index (χ1n) is 5.79. The van der Waals surface area contributed by atoms with Crippen LogP contribution in [0.4, 0.5) is 0 Å². The van der Waals surface area contributed by atoms with Crippen molar-refractivity contribution in [3.8, 4) is 0 Å². The highest BCUT2D eigenvalue weighted by Crippen LogP contribution is 2.26. The second-order valence-electron chi connectivity index (χ2n) is 4.28. The van der Waals surface area contributed by atoms with Gasteiger partial charge in [-0.1, -0.05) is 61.2 Å². The molecule has 0 N–H and O–H groups in total. The Hall–Kier alpha value is -0.750. The molecular weight excluding hydrogens is 204 g/mol. The molecular formula is C14H17Cl. The van der Waals surface area contributed by atoms with E-state index in [-0.39, 0.29) is 0 Å². The molecule has 0 aromatic heterocycles. The zero-order valence-electron chi connectivity index (χ0n) is 8.95. The number of halogens is 1. The summed E-state index contributed by atoms with van der Waals surface area (Å²) >= 11 is 6.09. The average molecular weight is 221 g/mol. The first-order chi connectivity index (χ1) is 7.36. The third-order valence-corrected chi connectivity index (χ3v) is 3.45. The Labute approximate surface area is 97.0 Å². The third-order valence-electron chi connectivity index (χ3n) is 3.10. The number of rotatable bonds is 2. The van der Waals surface area contributed by atoms with Crippen LogP contribution in [-0.2, 0) is 0 Å². The minimum absolute atomic E-state index is 0.773. The molecule has 0 unspecified atom stereocenters. The van der Waals surface area contributed by atoms with Gasteiger partial charge in [-0.05, 0) is 30.4 Å². The summed E-state index contributed by atoms with van der Waals surface area (Å²) in [6, 6.07) is 8.02. The summed E-state index contributed by atoms with van der Waals surface area (Å²) in [5.41, 5.74) is 1.14. The monoisotopic (exact) mass is 220 g/mol. The molecule has 0 radical (unpaired) electrons. The fraction of sp³-hybridized carbons (Fsp3) is 0.429. The normalized spacial score (nSPS) is 18.5. The topological polar surface area (TPSA) is 0 Å². The zero-order chi connectivity index (χ0) is 10.5. The number of hydrogen-bond acceptors (Lipinski definition) is 0. The van der Waals surface area contributed by atoms with Gasteiger partial charge in [-0.2, -0.15) is 0 Å². The molecule has 0 heterocycles. The van der Waals surface area contributed by atoms with Crippen molar-refractivity contribution in [3.63, 3.8) is 0 Å². The van der Waals surface area contributed by atoms with Crippen LogP contribution in [0.2, 0.25) is 5.02 Å². The molecule has 1 aliphatic carbocycles. The highest BCUT2D eigenvalue weighted by atomic mass is 35.5. The number of hydrogen-bond donors (Lipinski definition) is 0. The Morgan fingerprint density at radius 2 is 1.80 bits per heavy atom. The second-order valence-corrected chi connectivity index (χ2v) is 4.69. The molecule has 0 nitrogen and oxygen atoms in total. The van der Waals surface area contributed by atoms with E-state index in [4.69, 9.17) is 11.6 Å². The van der Waals surface area contributed by atoms with Gasteiger partial charge in [-0.3, -0.25) is 0 Å². The van der Waals surface area contributed by atoms with Crippen molar-refractivity contribution in [1.82, 2.24) is 0 Å². The highest BCUT2D eigenvalue weighted by Gasteiger charge is 2.09. The first kappa shape index (κ1) is 10.8. The molecule has 0 aliphatic heterocycles. The quantitative estimate of drug-likeness (QED) is 0.663. The Kier molecular flexibility index (Phi) is 3.85. The van der Waals surface area contributed by atoms with E-state index in [1.165, 1.54) is 32.1 Å². The first-order valence-corrected chi connectivity index (χ1v) is 6.17. The Balaban J connectivity index is 2.01. The molecule has 1 saturated carbocycles. The van der Waals surface area contributed by atoms with Crippen LogP contribution in [0.1, 0.15) is 37.7 Å². The van der Waals surface area contributed by atoms with E-state index in [1.807, 2.05) is 18.2 Å². The van der Waals surface area contributed by atoms with E-state index in [0.717, 1.165) is 16.5 Å². The van der Waals surface area contributed by atoms with Crippen molar-refractivity contribution in [2.45, 2.75) is 32.1 Å². The van der Waals surface area contributed by atoms with Crippen LogP contribution in [-0.4, -0.2) is 0 Å². The molecule has 0 bridgehead atoms. The molecule has 1 aromatic carbocycles. The highest BCUT2D eigenvalue weighted by molar-refractivity contribution is 6.32. The maximum absolute atomic E-state index is 6.09. The van der Waals surface area contributed by atoms with E-state index in [1.54, 1.807) is 0 Å². The van der Waals surface area contributed by atoms with Crippen molar-refractivity contribution in [2.75, 3.05) is 0 Å². The van der Waals surface area contributed by atoms with Crippen molar-refractivity contribution >= 4 is 17.7 Å². The van der Waals surface area contributed by atoms with Gasteiger partial charge in [0.2, 0.25) is 0 Å². The van der Waals surface area contributed by atoms with Crippen molar-refractivity contribution in [1.29, 1.82) is 0 Å². The van der Waals surface area contributed by atoms with Gasteiger partial charge in [0.05, 0.1) is 0 Å². The van der Waals surface area contributed by atoms with Crippen molar-refractivity contribution in [2.24, 2.45) is 5.92 Å². The van der Waals surface area contributed by atoms with E-state index in [9.17, 15) is 0 Å². The molecule has 1 aromatic rings. The van der Waals surface area contributed by atoms with Gasteiger partial charge in [0, 0.05) is 5.02 Å². The second kappa shape index (κ2) is 5.37.